The molecule has 0 saturated heterocycles. The van der Waals surface area contributed by atoms with Crippen LogP contribution in [-0.4, -0.2) is 24.1 Å². The van der Waals surface area contributed by atoms with E-state index < -0.39 is 4.92 Å². The van der Waals surface area contributed by atoms with Crippen LogP contribution in [0, 0.1) is 10.1 Å². The maximum atomic E-state index is 12.4. The van der Waals surface area contributed by atoms with Gasteiger partial charge in [-0.05, 0) is 36.8 Å². The summed E-state index contributed by atoms with van der Waals surface area (Å²) in [4.78, 5) is 22.7. The number of benzene rings is 3. The van der Waals surface area contributed by atoms with E-state index in [9.17, 15) is 14.9 Å². The van der Waals surface area contributed by atoms with Crippen LogP contribution in [0.1, 0.15) is 19.3 Å². The molecule has 0 aromatic heterocycles. The molecule has 0 aliphatic rings. The van der Waals surface area contributed by atoms with Crippen LogP contribution in [0.15, 0.2) is 66.7 Å². The Bertz CT molecular complexity index is 1020. The van der Waals surface area contributed by atoms with Gasteiger partial charge in [-0.3, -0.25) is 10.1 Å². The molecular formula is C22H23N3O4S. The molecule has 0 aliphatic heterocycles. The lowest BCUT2D eigenvalue weighted by Crippen LogP contribution is -2.34. The van der Waals surface area contributed by atoms with Crippen LogP contribution in [0.25, 0.3) is 10.8 Å². The summed E-state index contributed by atoms with van der Waals surface area (Å²) in [7, 11) is 0. The van der Waals surface area contributed by atoms with Crippen molar-refractivity contribution >= 4 is 41.0 Å². The van der Waals surface area contributed by atoms with Crippen molar-refractivity contribution in [1.29, 1.82) is 0 Å². The molecule has 0 unspecified atom stereocenters. The van der Waals surface area contributed by atoms with Crippen molar-refractivity contribution in [3.63, 3.8) is 0 Å². The van der Waals surface area contributed by atoms with Gasteiger partial charge in [-0.2, -0.15) is 0 Å². The number of urea groups is 1. The molecule has 0 atom stereocenters. The van der Waals surface area contributed by atoms with Gasteiger partial charge in [-0.25, -0.2) is 9.10 Å². The molecule has 0 fully saturated rings. The number of non-ortho nitro benzene ring substituents is 1. The third-order valence-corrected chi connectivity index (χ3v) is 4.98. The van der Waals surface area contributed by atoms with Crippen molar-refractivity contribution in [3.8, 4) is 5.75 Å². The molecule has 1 N–H and O–H groups in total. The van der Waals surface area contributed by atoms with E-state index in [2.05, 4.69) is 18.1 Å². The zero-order valence-electron chi connectivity index (χ0n) is 16.4. The molecule has 0 saturated carbocycles. The molecule has 0 radical (unpaired) electrons. The van der Waals surface area contributed by atoms with Gasteiger partial charge in [0.1, 0.15) is 5.75 Å². The Morgan fingerprint density at radius 1 is 1.03 bits per heavy atom. The highest BCUT2D eigenvalue weighted by Gasteiger charge is 2.13. The molecule has 30 heavy (non-hydrogen) atoms. The highest BCUT2D eigenvalue weighted by molar-refractivity contribution is 7.82. The summed E-state index contributed by atoms with van der Waals surface area (Å²) in [6, 6.07) is 19.5. The van der Waals surface area contributed by atoms with Crippen LogP contribution in [-0.2, 0) is 0 Å². The second-order valence-corrected chi connectivity index (χ2v) is 7.11. The third-order valence-electron chi connectivity index (χ3n) is 4.58. The second-order valence-electron chi connectivity index (χ2n) is 6.71. The van der Waals surface area contributed by atoms with Crippen LogP contribution < -0.4 is 14.4 Å². The molecule has 156 valence electrons. The minimum Gasteiger partial charge on any atom is -0.493 e. The zero-order chi connectivity index (χ0) is 21.3. The summed E-state index contributed by atoms with van der Waals surface area (Å²) in [5.41, 5.74) is 0.747. The number of nitrogens with zero attached hydrogens (tertiary/aromatic N) is 2. The van der Waals surface area contributed by atoms with Crippen LogP contribution in [0.5, 0.6) is 5.75 Å². The molecule has 0 aliphatic carbocycles. The van der Waals surface area contributed by atoms with Gasteiger partial charge in [0.2, 0.25) is 0 Å². The van der Waals surface area contributed by atoms with E-state index in [0.717, 1.165) is 35.7 Å². The van der Waals surface area contributed by atoms with E-state index in [1.807, 2.05) is 42.5 Å². The molecule has 8 heteroatoms. The van der Waals surface area contributed by atoms with Gasteiger partial charge >= 0.3 is 6.03 Å². The number of amides is 2. The highest BCUT2D eigenvalue weighted by Crippen LogP contribution is 2.27. The Balaban J connectivity index is 1.38. The first-order valence-corrected chi connectivity index (χ1v) is 10.1. The fraction of sp³-hybridized carbons (Fsp3) is 0.227. The Morgan fingerprint density at radius 3 is 2.63 bits per heavy atom. The molecule has 2 amide bonds. The lowest BCUT2D eigenvalue weighted by Gasteiger charge is -2.18. The number of nitro groups is 1. The Hall–Kier alpha value is -3.26. The first kappa shape index (κ1) is 21.4. The lowest BCUT2D eigenvalue weighted by molar-refractivity contribution is -0.384. The molecule has 0 heterocycles. The number of rotatable bonds is 9. The molecule has 7 nitrogen and oxygen atoms in total. The topological polar surface area (TPSA) is 84.7 Å². The van der Waals surface area contributed by atoms with Gasteiger partial charge in [0, 0.05) is 18.0 Å². The summed E-state index contributed by atoms with van der Waals surface area (Å²) < 4.78 is 6.88. The quantitative estimate of drug-likeness (QED) is 0.209. The normalized spacial score (nSPS) is 10.6. The summed E-state index contributed by atoms with van der Waals surface area (Å²) >= 11 is 4.37. The molecule has 3 aromatic rings. The Labute approximate surface area is 180 Å². The summed E-state index contributed by atoms with van der Waals surface area (Å²) in [6.07, 6.45) is 2.43. The highest BCUT2D eigenvalue weighted by atomic mass is 32.1. The summed E-state index contributed by atoms with van der Waals surface area (Å²) in [6.45, 7) is 0.987. The minimum atomic E-state index is -0.446. The Morgan fingerprint density at radius 2 is 1.80 bits per heavy atom. The molecular weight excluding hydrogens is 402 g/mol. The van der Waals surface area contributed by atoms with Crippen molar-refractivity contribution in [2.45, 2.75) is 19.3 Å². The van der Waals surface area contributed by atoms with Crippen LogP contribution in [0.4, 0.5) is 16.2 Å². The van der Waals surface area contributed by atoms with Crippen LogP contribution in [0.2, 0.25) is 0 Å². The average molecular weight is 426 g/mol. The van der Waals surface area contributed by atoms with Gasteiger partial charge in [0.15, 0.2) is 0 Å². The predicted octanol–water partition coefficient (Wildman–Crippen LogP) is 5.36. The van der Waals surface area contributed by atoms with Crippen molar-refractivity contribution in [2.24, 2.45) is 0 Å². The van der Waals surface area contributed by atoms with Gasteiger partial charge in [-0.15, -0.1) is 0 Å². The smallest absolute Gasteiger partial charge is 0.331 e. The largest absolute Gasteiger partial charge is 0.493 e. The number of carbonyl (C=O) groups is 1. The number of hydrogen-bond acceptors (Lipinski definition) is 5. The second kappa shape index (κ2) is 10.5. The van der Waals surface area contributed by atoms with Crippen LogP contribution >= 0.6 is 12.8 Å². The van der Waals surface area contributed by atoms with Crippen molar-refractivity contribution in [3.05, 3.63) is 76.8 Å². The molecule has 0 spiro atoms. The number of nitro benzene ring substituents is 1. The predicted molar refractivity (Wildman–Crippen MR) is 121 cm³/mol. The SMILES string of the molecule is O=C(NCCCCCOc1cccc([N+](=O)[O-])c1)N(S)c1cccc2ccccc12. The monoisotopic (exact) mass is 425 g/mol. The number of anilines is 1. The van der Waals surface area contributed by atoms with E-state index in [1.54, 1.807) is 12.1 Å². The Kier molecular flexibility index (Phi) is 7.51. The lowest BCUT2D eigenvalue weighted by atomic mass is 10.1. The van der Waals surface area contributed by atoms with Crippen molar-refractivity contribution in [1.82, 2.24) is 5.32 Å². The number of ether oxygens (including phenoxy) is 1. The maximum Gasteiger partial charge on any atom is 0.331 e. The standard InChI is InChI=1S/C22H23N3O4S/c26-22(24(30)21-13-6-9-17-8-2-3-12-20(17)21)23-14-4-1-5-15-29-19-11-7-10-18(16-19)25(27)28/h2-3,6-13,16,30H,1,4-5,14-15H2,(H,23,26). The maximum absolute atomic E-state index is 12.4. The van der Waals surface area contributed by atoms with E-state index in [-0.39, 0.29) is 11.7 Å². The fourth-order valence-electron chi connectivity index (χ4n) is 3.05. The van der Waals surface area contributed by atoms with Gasteiger partial charge < -0.3 is 10.1 Å². The summed E-state index contributed by atoms with van der Waals surface area (Å²) in [5, 5.41) is 15.6. The van der Waals surface area contributed by atoms with E-state index >= 15 is 0 Å². The van der Waals surface area contributed by atoms with Gasteiger partial charge in [-0.1, -0.05) is 55.3 Å². The van der Waals surface area contributed by atoms with E-state index in [4.69, 9.17) is 4.74 Å². The molecule has 0 bridgehead atoms. The number of carbonyl (C=O) groups excluding carboxylic acids is 1. The van der Waals surface area contributed by atoms with Gasteiger partial charge in [0.25, 0.3) is 5.69 Å². The van der Waals surface area contributed by atoms with Crippen molar-refractivity contribution < 1.29 is 14.5 Å². The number of hydrogen-bond donors (Lipinski definition) is 2. The van der Waals surface area contributed by atoms with Crippen molar-refractivity contribution in [2.75, 3.05) is 17.5 Å². The van der Waals surface area contributed by atoms with Crippen LogP contribution in [0.3, 0.4) is 0 Å². The number of unbranched alkanes of at least 4 members (excludes halogenated alkanes) is 2. The van der Waals surface area contributed by atoms with Gasteiger partial charge in [0.05, 0.1) is 23.3 Å². The van der Waals surface area contributed by atoms with E-state index in [0.29, 0.717) is 18.9 Å². The minimum absolute atomic E-state index is 0.0118. The molecule has 3 aromatic carbocycles. The molecule has 3 rings (SSSR count). The zero-order valence-corrected chi connectivity index (χ0v) is 17.3. The average Bonchev–Trinajstić information content (AvgIpc) is 2.77. The fourth-order valence-corrected chi connectivity index (χ4v) is 3.30. The third kappa shape index (κ3) is 5.64. The number of thiol groups is 1. The first-order chi connectivity index (χ1) is 14.6. The number of nitrogens with one attached hydrogen (secondary N) is 1. The first-order valence-electron chi connectivity index (χ1n) is 9.68. The summed E-state index contributed by atoms with van der Waals surface area (Å²) in [5.74, 6) is 0.485. The van der Waals surface area contributed by atoms with E-state index in [1.165, 1.54) is 16.4 Å². The number of fused-ring (bicyclic) bond motifs is 1.